The zero-order valence-corrected chi connectivity index (χ0v) is 8.23. The van der Waals surface area contributed by atoms with Crippen molar-refractivity contribution in [1.82, 2.24) is 0 Å². The number of ether oxygens (including phenoxy) is 2. The van der Waals surface area contributed by atoms with Crippen LogP contribution < -0.4 is 5.32 Å². The second-order valence-electron chi connectivity index (χ2n) is 2.56. The Labute approximate surface area is 87.0 Å². The van der Waals surface area contributed by atoms with Crippen molar-refractivity contribution >= 4 is 17.9 Å². The second kappa shape index (κ2) is 5.64. The van der Waals surface area contributed by atoms with Crippen molar-refractivity contribution < 1.29 is 19.1 Å². The van der Waals surface area contributed by atoms with Crippen molar-refractivity contribution in [1.29, 1.82) is 0 Å². The molecule has 5 nitrogen and oxygen atoms in total. The number of carbonyl (C=O) groups excluding carboxylic acids is 2. The molecule has 0 aliphatic carbocycles. The molecular formula is C10H11NO4. The highest BCUT2D eigenvalue weighted by Gasteiger charge is 2.10. The molecule has 0 spiro atoms. The van der Waals surface area contributed by atoms with E-state index in [-0.39, 0.29) is 6.61 Å². The van der Waals surface area contributed by atoms with Crippen molar-refractivity contribution in [2.24, 2.45) is 0 Å². The fourth-order valence-corrected chi connectivity index (χ4v) is 0.888. The molecule has 1 aromatic carbocycles. The lowest BCUT2D eigenvalue weighted by Crippen LogP contribution is -2.19. The molecule has 1 N–H and O–H groups in total. The van der Waals surface area contributed by atoms with Gasteiger partial charge < -0.3 is 9.47 Å². The highest BCUT2D eigenvalue weighted by atomic mass is 16.7. The van der Waals surface area contributed by atoms with E-state index < -0.39 is 12.2 Å². The van der Waals surface area contributed by atoms with Crippen LogP contribution in [-0.4, -0.2) is 18.9 Å². The molecule has 0 atom stereocenters. The Hall–Kier alpha value is -2.04. The molecule has 5 heteroatoms. The van der Waals surface area contributed by atoms with Gasteiger partial charge in [-0.25, -0.2) is 9.59 Å². The zero-order valence-electron chi connectivity index (χ0n) is 8.23. The number of hydrogen-bond donors (Lipinski definition) is 1. The number of para-hydroxylation sites is 1. The van der Waals surface area contributed by atoms with Gasteiger partial charge in [-0.05, 0) is 19.1 Å². The summed E-state index contributed by atoms with van der Waals surface area (Å²) >= 11 is 0. The highest BCUT2D eigenvalue weighted by Crippen LogP contribution is 2.05. The molecule has 0 heterocycles. The van der Waals surface area contributed by atoms with E-state index in [2.05, 4.69) is 14.8 Å². The fourth-order valence-electron chi connectivity index (χ4n) is 0.888. The molecule has 0 aromatic heterocycles. The van der Waals surface area contributed by atoms with Crippen molar-refractivity contribution in [3.63, 3.8) is 0 Å². The molecule has 0 saturated heterocycles. The Balaban J connectivity index is 2.40. The third-order valence-corrected chi connectivity index (χ3v) is 1.46. The number of amides is 1. The van der Waals surface area contributed by atoms with Gasteiger partial charge in [0.1, 0.15) is 0 Å². The molecule has 1 rings (SSSR count). The number of carbonyl (C=O) groups is 2. The molecule has 0 aliphatic heterocycles. The average Bonchev–Trinajstić information content (AvgIpc) is 2.19. The van der Waals surface area contributed by atoms with Gasteiger partial charge in [-0.15, -0.1) is 0 Å². The third kappa shape index (κ3) is 4.12. The van der Waals surface area contributed by atoms with Crippen LogP contribution in [0.3, 0.4) is 0 Å². The van der Waals surface area contributed by atoms with Crippen molar-refractivity contribution in [2.45, 2.75) is 6.92 Å². The first-order valence-electron chi connectivity index (χ1n) is 4.43. The van der Waals surface area contributed by atoms with E-state index in [0.717, 1.165) is 0 Å². The predicted molar refractivity (Wildman–Crippen MR) is 53.6 cm³/mol. The Morgan fingerprint density at radius 1 is 1.27 bits per heavy atom. The van der Waals surface area contributed by atoms with Gasteiger partial charge in [-0.2, -0.15) is 0 Å². The summed E-state index contributed by atoms with van der Waals surface area (Å²) in [5.41, 5.74) is 0.548. The standard InChI is InChI=1S/C10H11NO4/c1-2-14-10(13)15-9(12)11-8-6-4-3-5-7-8/h3-7H,2H2,1H3,(H,11,12). The van der Waals surface area contributed by atoms with Crippen LogP contribution in [0, 0.1) is 0 Å². The molecule has 80 valence electrons. The van der Waals surface area contributed by atoms with E-state index in [9.17, 15) is 9.59 Å². The van der Waals surface area contributed by atoms with Crippen LogP contribution in [0.1, 0.15) is 6.92 Å². The molecule has 0 fully saturated rings. The van der Waals surface area contributed by atoms with Gasteiger partial charge >= 0.3 is 12.2 Å². The van der Waals surface area contributed by atoms with Gasteiger partial charge in [0.05, 0.1) is 6.61 Å². The molecular weight excluding hydrogens is 198 g/mol. The first-order valence-corrected chi connectivity index (χ1v) is 4.43. The third-order valence-electron chi connectivity index (χ3n) is 1.46. The maximum absolute atomic E-state index is 11.1. The van der Waals surface area contributed by atoms with Crippen molar-refractivity contribution in [3.8, 4) is 0 Å². The lowest BCUT2D eigenvalue weighted by Gasteiger charge is -2.04. The Morgan fingerprint density at radius 2 is 1.93 bits per heavy atom. The van der Waals surface area contributed by atoms with E-state index in [1.807, 2.05) is 6.07 Å². The van der Waals surface area contributed by atoms with Crippen molar-refractivity contribution in [2.75, 3.05) is 11.9 Å². The van der Waals surface area contributed by atoms with Gasteiger partial charge in [0.25, 0.3) is 0 Å². The molecule has 1 amide bonds. The summed E-state index contributed by atoms with van der Waals surface area (Å²) in [7, 11) is 0. The number of hydrogen-bond acceptors (Lipinski definition) is 4. The van der Waals surface area contributed by atoms with Crippen LogP contribution in [0.15, 0.2) is 30.3 Å². The fraction of sp³-hybridized carbons (Fsp3) is 0.200. The summed E-state index contributed by atoms with van der Waals surface area (Å²) in [6.07, 6.45) is -1.87. The molecule has 0 saturated carbocycles. The quantitative estimate of drug-likeness (QED) is 0.600. The van der Waals surface area contributed by atoms with Gasteiger partial charge in [-0.3, -0.25) is 5.32 Å². The maximum Gasteiger partial charge on any atom is 0.517 e. The highest BCUT2D eigenvalue weighted by molar-refractivity contribution is 5.90. The van der Waals surface area contributed by atoms with Gasteiger partial charge in [0, 0.05) is 5.69 Å². The molecule has 15 heavy (non-hydrogen) atoms. The Bertz CT molecular complexity index is 337. The van der Waals surface area contributed by atoms with Crippen LogP contribution in [0.25, 0.3) is 0 Å². The van der Waals surface area contributed by atoms with E-state index in [4.69, 9.17) is 0 Å². The van der Waals surface area contributed by atoms with E-state index >= 15 is 0 Å². The first kappa shape index (κ1) is 11.0. The molecule has 0 unspecified atom stereocenters. The van der Waals surface area contributed by atoms with Crippen LogP contribution in [-0.2, 0) is 9.47 Å². The number of nitrogens with one attached hydrogen (secondary N) is 1. The average molecular weight is 209 g/mol. The summed E-state index contributed by atoms with van der Waals surface area (Å²) in [6, 6.07) is 8.65. The summed E-state index contributed by atoms with van der Waals surface area (Å²) in [6.45, 7) is 1.79. The van der Waals surface area contributed by atoms with Crippen LogP contribution in [0.2, 0.25) is 0 Å². The molecule has 1 aromatic rings. The van der Waals surface area contributed by atoms with Gasteiger partial charge in [0.15, 0.2) is 0 Å². The second-order valence-corrected chi connectivity index (χ2v) is 2.56. The molecule has 0 aliphatic rings. The minimum Gasteiger partial charge on any atom is -0.434 e. The van der Waals surface area contributed by atoms with E-state index in [1.54, 1.807) is 31.2 Å². The molecule has 0 radical (unpaired) electrons. The van der Waals surface area contributed by atoms with Crippen LogP contribution in [0.5, 0.6) is 0 Å². The zero-order chi connectivity index (χ0) is 11.1. The topological polar surface area (TPSA) is 64.6 Å². The SMILES string of the molecule is CCOC(=O)OC(=O)Nc1ccccc1. The Morgan fingerprint density at radius 3 is 2.53 bits per heavy atom. The summed E-state index contributed by atoms with van der Waals surface area (Å²) in [4.78, 5) is 21.8. The minimum atomic E-state index is -1.01. The normalized spacial score (nSPS) is 9.13. The van der Waals surface area contributed by atoms with Crippen LogP contribution >= 0.6 is 0 Å². The largest absolute Gasteiger partial charge is 0.517 e. The number of anilines is 1. The monoisotopic (exact) mass is 209 g/mol. The number of benzene rings is 1. The summed E-state index contributed by atoms with van der Waals surface area (Å²) in [5, 5.41) is 2.37. The predicted octanol–water partition coefficient (Wildman–Crippen LogP) is 2.39. The Kier molecular flexibility index (Phi) is 4.15. The van der Waals surface area contributed by atoms with E-state index in [0.29, 0.717) is 5.69 Å². The smallest absolute Gasteiger partial charge is 0.434 e. The van der Waals surface area contributed by atoms with E-state index in [1.165, 1.54) is 0 Å². The lowest BCUT2D eigenvalue weighted by molar-refractivity contribution is 0.0837. The van der Waals surface area contributed by atoms with Gasteiger partial charge in [0.2, 0.25) is 0 Å². The first-order chi connectivity index (χ1) is 7.22. The van der Waals surface area contributed by atoms with Crippen molar-refractivity contribution in [3.05, 3.63) is 30.3 Å². The van der Waals surface area contributed by atoms with Gasteiger partial charge in [-0.1, -0.05) is 18.2 Å². The lowest BCUT2D eigenvalue weighted by atomic mass is 10.3. The maximum atomic E-state index is 11.1. The summed E-state index contributed by atoms with van der Waals surface area (Å²) in [5.74, 6) is 0. The summed E-state index contributed by atoms with van der Waals surface area (Å²) < 4.78 is 8.71. The van der Waals surface area contributed by atoms with Crippen LogP contribution in [0.4, 0.5) is 15.3 Å². The minimum absolute atomic E-state index is 0.164. The number of rotatable bonds is 2. The molecule has 0 bridgehead atoms.